The highest BCUT2D eigenvalue weighted by Gasteiger charge is 2.13. The number of hydrogen-bond donors (Lipinski definition) is 1. The Balaban J connectivity index is 2.08. The summed E-state index contributed by atoms with van der Waals surface area (Å²) in [6.45, 7) is 1.91. The van der Waals surface area contributed by atoms with Crippen LogP contribution in [0.25, 0.3) is 0 Å². The number of hydrogen-bond acceptors (Lipinski definition) is 6. The van der Waals surface area contributed by atoms with Crippen molar-refractivity contribution in [3.63, 3.8) is 0 Å². The number of carboxylic acid groups (broad SMARTS) is 1. The summed E-state index contributed by atoms with van der Waals surface area (Å²) in [7, 11) is 0. The molecule has 7 nitrogen and oxygen atoms in total. The SMILES string of the molecule is CCc1noc(COc2cccnc2C(=O)O)n1. The highest BCUT2D eigenvalue weighted by atomic mass is 16.5. The lowest BCUT2D eigenvalue weighted by Crippen LogP contribution is -2.05. The van der Waals surface area contributed by atoms with Gasteiger partial charge in [0.15, 0.2) is 23.9 Å². The molecular formula is C11H11N3O4. The summed E-state index contributed by atoms with van der Waals surface area (Å²) in [4.78, 5) is 18.7. The fourth-order valence-electron chi connectivity index (χ4n) is 1.30. The van der Waals surface area contributed by atoms with Gasteiger partial charge in [-0.2, -0.15) is 4.98 Å². The minimum Gasteiger partial charge on any atom is -0.481 e. The molecular weight excluding hydrogens is 238 g/mol. The van der Waals surface area contributed by atoms with Crippen molar-refractivity contribution in [3.8, 4) is 5.75 Å². The predicted octanol–water partition coefficient (Wildman–Crippen LogP) is 1.30. The normalized spacial score (nSPS) is 10.3. The van der Waals surface area contributed by atoms with E-state index in [1.165, 1.54) is 12.3 Å². The molecule has 0 bridgehead atoms. The van der Waals surface area contributed by atoms with Crippen LogP contribution in [0.15, 0.2) is 22.9 Å². The van der Waals surface area contributed by atoms with Crippen LogP contribution in [-0.4, -0.2) is 26.2 Å². The van der Waals surface area contributed by atoms with E-state index in [1.807, 2.05) is 6.92 Å². The maximum atomic E-state index is 10.9. The number of aromatic carboxylic acids is 1. The third kappa shape index (κ3) is 2.62. The van der Waals surface area contributed by atoms with Gasteiger partial charge < -0.3 is 14.4 Å². The van der Waals surface area contributed by atoms with E-state index < -0.39 is 5.97 Å². The summed E-state index contributed by atoms with van der Waals surface area (Å²) in [5.41, 5.74) is -0.146. The largest absolute Gasteiger partial charge is 0.481 e. The molecule has 0 aromatic carbocycles. The molecule has 2 aromatic heterocycles. The molecule has 2 aromatic rings. The van der Waals surface area contributed by atoms with Crippen molar-refractivity contribution >= 4 is 5.97 Å². The fourth-order valence-corrected chi connectivity index (χ4v) is 1.30. The lowest BCUT2D eigenvalue weighted by Gasteiger charge is -2.04. The van der Waals surface area contributed by atoms with Gasteiger partial charge in [-0.05, 0) is 12.1 Å². The molecule has 0 fully saturated rings. The minimum atomic E-state index is -1.15. The van der Waals surface area contributed by atoms with Crippen LogP contribution in [0.1, 0.15) is 29.1 Å². The molecule has 0 aliphatic heterocycles. The molecule has 1 N–H and O–H groups in total. The van der Waals surface area contributed by atoms with Gasteiger partial charge in [-0.15, -0.1) is 0 Å². The zero-order valence-electron chi connectivity index (χ0n) is 9.66. The first kappa shape index (κ1) is 12.0. The summed E-state index contributed by atoms with van der Waals surface area (Å²) in [6.07, 6.45) is 2.05. The van der Waals surface area contributed by atoms with E-state index in [0.29, 0.717) is 18.1 Å². The Kier molecular flexibility index (Phi) is 3.52. The Labute approximate surface area is 102 Å². The monoisotopic (exact) mass is 249 g/mol. The molecule has 0 aliphatic rings. The van der Waals surface area contributed by atoms with Crippen molar-refractivity contribution in [3.05, 3.63) is 35.7 Å². The second-order valence-corrected chi connectivity index (χ2v) is 3.40. The van der Waals surface area contributed by atoms with Gasteiger partial charge >= 0.3 is 5.97 Å². The van der Waals surface area contributed by atoms with E-state index in [-0.39, 0.29) is 18.1 Å². The summed E-state index contributed by atoms with van der Waals surface area (Å²) in [5, 5.41) is 12.6. The van der Waals surface area contributed by atoms with E-state index >= 15 is 0 Å². The minimum absolute atomic E-state index is 0.0129. The number of ether oxygens (including phenoxy) is 1. The topological polar surface area (TPSA) is 98.3 Å². The number of rotatable bonds is 5. The first-order valence-corrected chi connectivity index (χ1v) is 5.33. The summed E-state index contributed by atoms with van der Waals surface area (Å²) >= 11 is 0. The second-order valence-electron chi connectivity index (χ2n) is 3.40. The summed E-state index contributed by atoms with van der Waals surface area (Å²) in [6, 6.07) is 3.11. The number of aryl methyl sites for hydroxylation is 1. The molecule has 7 heteroatoms. The van der Waals surface area contributed by atoms with Crippen LogP contribution in [0.3, 0.4) is 0 Å². The van der Waals surface area contributed by atoms with Crippen molar-refractivity contribution in [2.24, 2.45) is 0 Å². The molecule has 0 saturated heterocycles. The summed E-state index contributed by atoms with van der Waals surface area (Å²) in [5.74, 6) is -0.100. The highest BCUT2D eigenvalue weighted by molar-refractivity contribution is 5.88. The Morgan fingerprint density at radius 3 is 3.06 bits per heavy atom. The Morgan fingerprint density at radius 2 is 2.39 bits per heavy atom. The first-order valence-electron chi connectivity index (χ1n) is 5.33. The van der Waals surface area contributed by atoms with Gasteiger partial charge in [-0.25, -0.2) is 9.78 Å². The zero-order chi connectivity index (χ0) is 13.0. The third-order valence-electron chi connectivity index (χ3n) is 2.15. The van der Waals surface area contributed by atoms with Crippen LogP contribution >= 0.6 is 0 Å². The lowest BCUT2D eigenvalue weighted by molar-refractivity contribution is 0.0684. The first-order chi connectivity index (χ1) is 8.70. The van der Waals surface area contributed by atoms with Gasteiger partial charge in [0.1, 0.15) is 0 Å². The van der Waals surface area contributed by atoms with Crippen LogP contribution < -0.4 is 4.74 Å². The number of carboxylic acids is 1. The number of carbonyl (C=O) groups is 1. The average molecular weight is 249 g/mol. The number of pyridine rings is 1. The smallest absolute Gasteiger partial charge is 0.358 e. The maximum absolute atomic E-state index is 10.9. The van der Waals surface area contributed by atoms with E-state index in [0.717, 1.165) is 0 Å². The standard InChI is InChI=1S/C11H11N3O4/c1-2-8-13-9(18-14-8)6-17-7-4-3-5-12-10(7)11(15)16/h3-5H,2,6H2,1H3,(H,15,16). The lowest BCUT2D eigenvalue weighted by atomic mass is 10.3. The molecule has 0 atom stereocenters. The van der Waals surface area contributed by atoms with Crippen LogP contribution in [0, 0.1) is 0 Å². The maximum Gasteiger partial charge on any atom is 0.358 e. The Morgan fingerprint density at radius 1 is 1.56 bits per heavy atom. The number of aromatic nitrogens is 3. The van der Waals surface area contributed by atoms with Gasteiger partial charge in [0.2, 0.25) is 0 Å². The van der Waals surface area contributed by atoms with E-state index in [1.54, 1.807) is 6.07 Å². The molecule has 94 valence electrons. The molecule has 0 amide bonds. The average Bonchev–Trinajstić information content (AvgIpc) is 2.84. The highest BCUT2D eigenvalue weighted by Crippen LogP contribution is 2.16. The zero-order valence-corrected chi connectivity index (χ0v) is 9.66. The van der Waals surface area contributed by atoms with Gasteiger partial charge in [0.05, 0.1) is 0 Å². The predicted molar refractivity (Wildman–Crippen MR) is 59.2 cm³/mol. The third-order valence-corrected chi connectivity index (χ3v) is 2.15. The van der Waals surface area contributed by atoms with Crippen LogP contribution in [0.4, 0.5) is 0 Å². The van der Waals surface area contributed by atoms with Crippen LogP contribution in [0.2, 0.25) is 0 Å². The quantitative estimate of drug-likeness (QED) is 0.852. The van der Waals surface area contributed by atoms with Crippen molar-refractivity contribution in [1.82, 2.24) is 15.1 Å². The van der Waals surface area contributed by atoms with Crippen LogP contribution in [0.5, 0.6) is 5.75 Å². The van der Waals surface area contributed by atoms with Gasteiger partial charge in [0, 0.05) is 12.6 Å². The molecule has 0 saturated carbocycles. The summed E-state index contributed by atoms with van der Waals surface area (Å²) < 4.78 is 10.2. The van der Waals surface area contributed by atoms with Gasteiger partial charge in [-0.3, -0.25) is 0 Å². The van der Waals surface area contributed by atoms with Crippen molar-refractivity contribution in [1.29, 1.82) is 0 Å². The fraction of sp³-hybridized carbons (Fsp3) is 0.273. The van der Waals surface area contributed by atoms with Crippen molar-refractivity contribution in [2.75, 3.05) is 0 Å². The second kappa shape index (κ2) is 5.26. The molecule has 2 heterocycles. The van der Waals surface area contributed by atoms with E-state index in [2.05, 4.69) is 15.1 Å². The number of nitrogens with zero attached hydrogens (tertiary/aromatic N) is 3. The molecule has 0 unspecified atom stereocenters. The molecule has 0 spiro atoms. The van der Waals surface area contributed by atoms with E-state index in [9.17, 15) is 4.79 Å². The van der Waals surface area contributed by atoms with E-state index in [4.69, 9.17) is 14.4 Å². The Bertz CT molecular complexity index is 553. The molecule has 18 heavy (non-hydrogen) atoms. The molecule has 0 radical (unpaired) electrons. The van der Waals surface area contributed by atoms with Gasteiger partial charge in [0.25, 0.3) is 5.89 Å². The molecule has 2 rings (SSSR count). The Hall–Kier alpha value is -2.44. The molecule has 0 aliphatic carbocycles. The van der Waals surface area contributed by atoms with Crippen molar-refractivity contribution in [2.45, 2.75) is 20.0 Å². The van der Waals surface area contributed by atoms with Crippen molar-refractivity contribution < 1.29 is 19.2 Å². The van der Waals surface area contributed by atoms with Crippen LogP contribution in [-0.2, 0) is 13.0 Å². The van der Waals surface area contributed by atoms with Gasteiger partial charge in [-0.1, -0.05) is 12.1 Å².